The van der Waals surface area contributed by atoms with Crippen molar-refractivity contribution in [2.45, 2.75) is 218 Å². The maximum atomic E-state index is 13.3. The number of unbranched alkanes of at least 4 members (excludes halogenated alkanes) is 18. The fourth-order valence-corrected chi connectivity index (χ4v) is 8.16. The van der Waals surface area contributed by atoms with Crippen LogP contribution in [0.25, 0.3) is 0 Å². The second-order valence-electron chi connectivity index (χ2n) is 19.3. The fourth-order valence-electron chi connectivity index (χ4n) is 8.16. The molecule has 0 saturated heterocycles. The topological polar surface area (TPSA) is 283 Å². The Bertz CT molecular complexity index is 1660. The first-order valence-corrected chi connectivity index (χ1v) is 26.4. The average Bonchev–Trinajstić information content (AvgIpc) is 3.30. The van der Waals surface area contributed by atoms with Gasteiger partial charge in [0.15, 0.2) is 5.78 Å². The molecule has 0 aromatic heterocycles. The first-order chi connectivity index (χ1) is 33.6. The van der Waals surface area contributed by atoms with E-state index in [-0.39, 0.29) is 86.1 Å². The predicted molar refractivity (Wildman–Crippen MR) is 272 cm³/mol. The van der Waals surface area contributed by atoms with Crippen LogP contribution >= 0.6 is 0 Å². The lowest BCUT2D eigenvalue weighted by atomic mass is 10.0. The Hall–Kier alpha value is -4.90. The Kier molecular flexibility index (Phi) is 36.8. The molecule has 17 nitrogen and oxygen atoms in total. The van der Waals surface area contributed by atoms with Gasteiger partial charge in [0.25, 0.3) is 0 Å². The van der Waals surface area contributed by atoms with E-state index in [4.69, 9.17) is 10.8 Å². The SMILES string of the molecule is CC(C)CC(=O)CN[C@@H](CCCCNC(=O)CCCCCNC(=O)CC[C@H](NC(=O)CCCCCCCCCCCCCCCCCCC(=O)O)C(=O)O)C(=O)CN[C@@H](Cc1ccc(O)cc1)C(N)=O. The van der Waals surface area contributed by atoms with Crippen molar-refractivity contribution in [2.24, 2.45) is 11.7 Å². The molecule has 0 radical (unpaired) electrons. The van der Waals surface area contributed by atoms with Crippen molar-refractivity contribution >= 4 is 47.1 Å². The van der Waals surface area contributed by atoms with Crippen LogP contribution < -0.4 is 32.3 Å². The van der Waals surface area contributed by atoms with E-state index in [2.05, 4.69) is 26.6 Å². The molecule has 0 fully saturated rings. The number of carbonyl (C=O) groups excluding carboxylic acids is 6. The molecule has 0 aliphatic rings. The second-order valence-corrected chi connectivity index (χ2v) is 19.3. The Morgan fingerprint density at radius 1 is 0.514 bits per heavy atom. The summed E-state index contributed by atoms with van der Waals surface area (Å²) in [7, 11) is 0. The van der Waals surface area contributed by atoms with Crippen LogP contribution in [-0.2, 0) is 44.8 Å². The van der Waals surface area contributed by atoms with Crippen LogP contribution in [0.1, 0.15) is 199 Å². The van der Waals surface area contributed by atoms with Gasteiger partial charge in [-0.3, -0.25) is 38.9 Å². The molecule has 1 aromatic carbocycles. The summed E-state index contributed by atoms with van der Waals surface area (Å²) >= 11 is 0. The van der Waals surface area contributed by atoms with Crippen molar-refractivity contribution in [1.29, 1.82) is 0 Å². The monoisotopic (exact) mass is 987 g/mol. The van der Waals surface area contributed by atoms with Crippen molar-refractivity contribution in [3.05, 3.63) is 29.8 Å². The van der Waals surface area contributed by atoms with Crippen LogP contribution in [0.2, 0.25) is 0 Å². The minimum atomic E-state index is -1.17. The van der Waals surface area contributed by atoms with Gasteiger partial charge in [0.05, 0.1) is 25.2 Å². The van der Waals surface area contributed by atoms with E-state index < -0.39 is 36.0 Å². The van der Waals surface area contributed by atoms with Gasteiger partial charge in [-0.1, -0.05) is 122 Å². The zero-order valence-corrected chi connectivity index (χ0v) is 42.6. The number of phenols is 1. The highest BCUT2D eigenvalue weighted by atomic mass is 16.4. The molecule has 0 bridgehead atoms. The molecule has 1 rings (SSSR count). The van der Waals surface area contributed by atoms with E-state index in [0.717, 1.165) is 44.1 Å². The first-order valence-electron chi connectivity index (χ1n) is 26.4. The number of aliphatic carboxylic acids is 2. The summed E-state index contributed by atoms with van der Waals surface area (Å²) in [5, 5.41) is 42.1. The van der Waals surface area contributed by atoms with Gasteiger partial charge >= 0.3 is 11.9 Å². The number of hydrogen-bond donors (Lipinski definition) is 9. The molecule has 0 unspecified atom stereocenters. The molecule has 1 aromatic rings. The lowest BCUT2D eigenvalue weighted by molar-refractivity contribution is -0.142. The zero-order chi connectivity index (χ0) is 51.8. The number of primary amides is 1. The van der Waals surface area contributed by atoms with Gasteiger partial charge in [0.1, 0.15) is 17.6 Å². The summed E-state index contributed by atoms with van der Waals surface area (Å²) in [4.78, 5) is 97.5. The normalized spacial score (nSPS) is 12.5. The van der Waals surface area contributed by atoms with Crippen molar-refractivity contribution in [2.75, 3.05) is 26.2 Å². The summed E-state index contributed by atoms with van der Waals surface area (Å²) in [6.07, 6.45) is 22.8. The number of Topliss-reactive ketones (excluding diaryl/α,β-unsaturated/α-hetero) is 2. The summed E-state index contributed by atoms with van der Waals surface area (Å²) < 4.78 is 0. The molecule has 0 heterocycles. The summed E-state index contributed by atoms with van der Waals surface area (Å²) in [5.74, 6) is -3.16. The number of carboxylic acids is 2. The lowest BCUT2D eigenvalue weighted by Gasteiger charge is -2.20. The third kappa shape index (κ3) is 36.1. The number of rotatable bonds is 47. The third-order valence-corrected chi connectivity index (χ3v) is 12.3. The zero-order valence-electron chi connectivity index (χ0n) is 42.6. The number of phenolic OH excluding ortho intramolecular Hbond substituents is 1. The molecular weight excluding hydrogens is 897 g/mol. The van der Waals surface area contributed by atoms with Crippen LogP contribution in [-0.4, -0.2) is 107 Å². The quantitative estimate of drug-likeness (QED) is 0.0300. The van der Waals surface area contributed by atoms with E-state index in [1.165, 1.54) is 69.9 Å². The summed E-state index contributed by atoms with van der Waals surface area (Å²) in [5.41, 5.74) is 6.36. The number of carbonyl (C=O) groups is 8. The van der Waals surface area contributed by atoms with Gasteiger partial charge in [0.2, 0.25) is 23.6 Å². The first kappa shape index (κ1) is 63.1. The molecule has 0 aliphatic carbocycles. The predicted octanol–water partition coefficient (Wildman–Crippen LogP) is 6.94. The van der Waals surface area contributed by atoms with Crippen LogP contribution in [0, 0.1) is 5.92 Å². The molecule has 4 amide bonds. The smallest absolute Gasteiger partial charge is 0.326 e. The highest BCUT2D eigenvalue weighted by Crippen LogP contribution is 2.16. The number of benzene rings is 1. The fraction of sp³-hybridized carbons (Fsp3) is 0.736. The number of ketones is 2. The standard InChI is InChI=1S/C53H90N6O11/c1-40(2)36-43(61)38-57-44(47(62)39-58-46(52(54)68)37-41-28-30-42(60)31-29-41)24-21-23-35-55-48(63)25-19-17-22-34-56-49(64)33-32-45(53(69)70)59-50(65)26-18-15-13-11-9-7-5-3-4-6-8-10-12-14-16-20-27-51(66)67/h28-31,40,44-46,57-58,60H,3-27,32-39H2,1-2H3,(H2,54,68)(H,55,63)(H,56,64)(H,59,65)(H,66,67)(H,69,70)/t44-,45-,46-/m0/s1. The van der Waals surface area contributed by atoms with Crippen LogP contribution in [0.4, 0.5) is 0 Å². The van der Waals surface area contributed by atoms with Gasteiger partial charge in [-0.15, -0.1) is 0 Å². The van der Waals surface area contributed by atoms with Crippen molar-refractivity contribution in [3.63, 3.8) is 0 Å². The Morgan fingerprint density at radius 2 is 0.971 bits per heavy atom. The van der Waals surface area contributed by atoms with E-state index in [1.54, 1.807) is 12.1 Å². The van der Waals surface area contributed by atoms with Gasteiger partial charge in [-0.25, -0.2) is 4.79 Å². The number of nitrogens with one attached hydrogen (secondary N) is 5. The van der Waals surface area contributed by atoms with Crippen LogP contribution in [0.3, 0.4) is 0 Å². The maximum absolute atomic E-state index is 13.3. The Labute approximate surface area is 417 Å². The van der Waals surface area contributed by atoms with E-state index in [9.17, 15) is 48.6 Å². The second kappa shape index (κ2) is 40.8. The summed E-state index contributed by atoms with van der Waals surface area (Å²) in [6.45, 7) is 4.60. The van der Waals surface area contributed by atoms with Crippen molar-refractivity contribution in [3.8, 4) is 5.75 Å². The highest BCUT2D eigenvalue weighted by molar-refractivity contribution is 5.88. The van der Waals surface area contributed by atoms with Crippen LogP contribution in [0.15, 0.2) is 24.3 Å². The van der Waals surface area contributed by atoms with Gasteiger partial charge < -0.3 is 42.3 Å². The third-order valence-electron chi connectivity index (χ3n) is 12.3. The largest absolute Gasteiger partial charge is 0.508 e. The number of aromatic hydroxyl groups is 1. The van der Waals surface area contributed by atoms with Gasteiger partial charge in [-0.05, 0) is 81.4 Å². The molecule has 10 N–H and O–H groups in total. The molecule has 17 heteroatoms. The average molecular weight is 987 g/mol. The Morgan fingerprint density at radius 3 is 1.47 bits per heavy atom. The van der Waals surface area contributed by atoms with Crippen molar-refractivity contribution < 1.29 is 53.7 Å². The highest BCUT2D eigenvalue weighted by Gasteiger charge is 2.23. The molecule has 70 heavy (non-hydrogen) atoms. The molecule has 0 saturated carbocycles. The molecular formula is C53H90N6O11. The summed E-state index contributed by atoms with van der Waals surface area (Å²) in [6, 6.07) is 3.78. The minimum absolute atomic E-state index is 0.00589. The van der Waals surface area contributed by atoms with Crippen LogP contribution in [0.5, 0.6) is 5.75 Å². The molecule has 3 atom stereocenters. The number of carboxylic acid groups (broad SMARTS) is 2. The molecule has 0 aliphatic heterocycles. The van der Waals surface area contributed by atoms with E-state index >= 15 is 0 Å². The van der Waals surface area contributed by atoms with E-state index in [1.807, 2.05) is 13.8 Å². The van der Waals surface area contributed by atoms with E-state index in [0.29, 0.717) is 70.9 Å². The number of nitrogens with two attached hydrogens (primary N) is 1. The van der Waals surface area contributed by atoms with Crippen molar-refractivity contribution in [1.82, 2.24) is 26.6 Å². The van der Waals surface area contributed by atoms with Gasteiger partial charge in [0, 0.05) is 45.2 Å². The molecule has 398 valence electrons. The maximum Gasteiger partial charge on any atom is 0.326 e. The Balaban J connectivity index is 2.19. The van der Waals surface area contributed by atoms with Gasteiger partial charge in [-0.2, -0.15) is 0 Å². The number of hydrogen-bond acceptors (Lipinski definition) is 11. The minimum Gasteiger partial charge on any atom is -0.508 e. The number of amides is 4. The molecule has 0 spiro atoms. The lowest BCUT2D eigenvalue weighted by Crippen LogP contribution is -2.49.